The number of aromatic nitrogens is 2. The third-order valence-electron chi connectivity index (χ3n) is 2.64. The summed E-state index contributed by atoms with van der Waals surface area (Å²) >= 11 is 0. The Labute approximate surface area is 109 Å². The molecule has 0 atom stereocenters. The van der Waals surface area contributed by atoms with E-state index < -0.39 is 4.92 Å². The second kappa shape index (κ2) is 5.47. The number of anilines is 1. The molecular weight excluding hydrogens is 248 g/mol. The number of benzene rings is 1. The molecule has 0 aliphatic rings. The van der Waals surface area contributed by atoms with E-state index in [9.17, 15) is 10.1 Å². The van der Waals surface area contributed by atoms with E-state index in [4.69, 9.17) is 4.52 Å². The number of hydrogen-bond acceptors (Lipinski definition) is 6. The fourth-order valence-corrected chi connectivity index (χ4v) is 1.71. The summed E-state index contributed by atoms with van der Waals surface area (Å²) in [4.78, 5) is 14.3. The van der Waals surface area contributed by atoms with Gasteiger partial charge in [-0.15, -0.1) is 0 Å². The Kier molecular flexibility index (Phi) is 3.74. The zero-order valence-electron chi connectivity index (χ0n) is 10.7. The van der Waals surface area contributed by atoms with Gasteiger partial charge in [-0.25, -0.2) is 0 Å². The molecule has 1 heterocycles. The Morgan fingerprint density at radius 2 is 2.21 bits per heavy atom. The Morgan fingerprint density at radius 3 is 2.79 bits per heavy atom. The maximum Gasteiger partial charge on any atom is 0.269 e. The van der Waals surface area contributed by atoms with Gasteiger partial charge in [0.2, 0.25) is 5.89 Å². The Balaban J connectivity index is 1.94. The number of nitro groups is 1. The van der Waals surface area contributed by atoms with Crippen molar-refractivity contribution in [3.63, 3.8) is 0 Å². The van der Waals surface area contributed by atoms with Crippen LogP contribution in [0.2, 0.25) is 0 Å². The van der Waals surface area contributed by atoms with Crippen LogP contribution in [-0.4, -0.2) is 21.6 Å². The molecule has 0 spiro atoms. The predicted octanol–water partition coefficient (Wildman–Crippen LogP) is 2.25. The molecule has 2 rings (SSSR count). The molecule has 7 heteroatoms. The minimum atomic E-state index is -0.405. The van der Waals surface area contributed by atoms with E-state index in [1.54, 1.807) is 19.1 Å². The normalized spacial score (nSPS) is 10.4. The van der Waals surface area contributed by atoms with Gasteiger partial charge >= 0.3 is 0 Å². The first-order valence-electron chi connectivity index (χ1n) is 5.84. The van der Waals surface area contributed by atoms with Crippen molar-refractivity contribution < 1.29 is 9.45 Å². The molecule has 1 aromatic carbocycles. The number of rotatable bonds is 5. The van der Waals surface area contributed by atoms with Crippen LogP contribution in [0.4, 0.5) is 11.4 Å². The standard InChI is InChI=1S/C12H14N4O3/c1-8-7-10(16(17)18)3-4-11(8)13-6-5-12-14-9(2)15-19-12/h3-4,7,13H,5-6H2,1-2H3. The van der Waals surface area contributed by atoms with Crippen molar-refractivity contribution in [3.8, 4) is 0 Å². The minimum absolute atomic E-state index is 0.0931. The van der Waals surface area contributed by atoms with Crippen LogP contribution >= 0.6 is 0 Å². The SMILES string of the molecule is Cc1noc(CCNc2ccc([N+](=O)[O-])cc2C)n1. The molecule has 2 aromatic rings. The number of non-ortho nitro benzene ring substituents is 1. The fourth-order valence-electron chi connectivity index (χ4n) is 1.71. The molecule has 0 fully saturated rings. The van der Waals surface area contributed by atoms with Crippen molar-refractivity contribution in [2.24, 2.45) is 0 Å². The van der Waals surface area contributed by atoms with Gasteiger partial charge in [0.15, 0.2) is 5.82 Å². The van der Waals surface area contributed by atoms with Crippen molar-refractivity contribution in [3.05, 3.63) is 45.6 Å². The molecule has 0 amide bonds. The summed E-state index contributed by atoms with van der Waals surface area (Å²) < 4.78 is 4.99. The maximum atomic E-state index is 10.6. The molecule has 19 heavy (non-hydrogen) atoms. The van der Waals surface area contributed by atoms with Gasteiger partial charge in [0.05, 0.1) is 4.92 Å². The summed E-state index contributed by atoms with van der Waals surface area (Å²) in [6, 6.07) is 4.72. The molecule has 0 saturated carbocycles. The van der Waals surface area contributed by atoms with Crippen LogP contribution in [-0.2, 0) is 6.42 Å². The second-order valence-electron chi connectivity index (χ2n) is 4.17. The van der Waals surface area contributed by atoms with Gasteiger partial charge in [0, 0.05) is 30.8 Å². The first-order chi connectivity index (χ1) is 9.06. The summed E-state index contributed by atoms with van der Waals surface area (Å²) in [6.07, 6.45) is 0.608. The lowest BCUT2D eigenvalue weighted by atomic mass is 10.2. The van der Waals surface area contributed by atoms with Crippen LogP contribution in [0.15, 0.2) is 22.7 Å². The first-order valence-corrected chi connectivity index (χ1v) is 5.84. The Bertz CT molecular complexity index is 594. The molecule has 0 aliphatic heterocycles. The molecule has 0 radical (unpaired) electrons. The number of aryl methyl sites for hydroxylation is 2. The van der Waals surface area contributed by atoms with Gasteiger partial charge < -0.3 is 9.84 Å². The number of nitrogens with one attached hydrogen (secondary N) is 1. The lowest BCUT2D eigenvalue weighted by Crippen LogP contribution is -2.06. The molecule has 0 unspecified atom stereocenters. The van der Waals surface area contributed by atoms with Crippen molar-refractivity contribution >= 4 is 11.4 Å². The Morgan fingerprint density at radius 1 is 1.42 bits per heavy atom. The second-order valence-corrected chi connectivity index (χ2v) is 4.17. The highest BCUT2D eigenvalue weighted by molar-refractivity contribution is 5.55. The molecule has 0 bridgehead atoms. The molecule has 1 N–H and O–H groups in total. The molecular formula is C12H14N4O3. The fraction of sp³-hybridized carbons (Fsp3) is 0.333. The third kappa shape index (κ3) is 3.27. The van der Waals surface area contributed by atoms with Crippen LogP contribution < -0.4 is 5.32 Å². The monoisotopic (exact) mass is 262 g/mol. The summed E-state index contributed by atoms with van der Waals surface area (Å²) in [5.41, 5.74) is 1.79. The van der Waals surface area contributed by atoms with Crippen molar-refractivity contribution in [1.29, 1.82) is 0 Å². The van der Waals surface area contributed by atoms with E-state index in [1.807, 2.05) is 6.92 Å². The quantitative estimate of drug-likeness (QED) is 0.656. The van der Waals surface area contributed by atoms with Gasteiger partial charge in [0.25, 0.3) is 5.69 Å². The highest BCUT2D eigenvalue weighted by Crippen LogP contribution is 2.20. The van der Waals surface area contributed by atoms with Crippen LogP contribution in [0.5, 0.6) is 0 Å². The predicted molar refractivity (Wildman–Crippen MR) is 69.1 cm³/mol. The molecule has 0 aliphatic carbocycles. The Hall–Kier alpha value is -2.44. The van der Waals surface area contributed by atoms with Crippen LogP contribution in [0.25, 0.3) is 0 Å². The van der Waals surface area contributed by atoms with Crippen molar-refractivity contribution in [2.45, 2.75) is 20.3 Å². The average Bonchev–Trinajstić information content (AvgIpc) is 2.77. The maximum absolute atomic E-state index is 10.6. The van der Waals surface area contributed by atoms with Gasteiger partial charge in [-0.2, -0.15) is 4.98 Å². The van der Waals surface area contributed by atoms with Crippen LogP contribution in [0, 0.1) is 24.0 Å². The largest absolute Gasteiger partial charge is 0.384 e. The van der Waals surface area contributed by atoms with Crippen LogP contribution in [0.1, 0.15) is 17.3 Å². The molecule has 100 valence electrons. The molecule has 7 nitrogen and oxygen atoms in total. The zero-order valence-corrected chi connectivity index (χ0v) is 10.7. The lowest BCUT2D eigenvalue weighted by molar-refractivity contribution is -0.384. The summed E-state index contributed by atoms with van der Waals surface area (Å²) in [6.45, 7) is 4.22. The van der Waals surface area contributed by atoms with E-state index in [0.717, 1.165) is 11.3 Å². The minimum Gasteiger partial charge on any atom is -0.384 e. The summed E-state index contributed by atoms with van der Waals surface area (Å²) in [5, 5.41) is 17.5. The lowest BCUT2D eigenvalue weighted by Gasteiger charge is -2.07. The van der Waals surface area contributed by atoms with Gasteiger partial charge in [0.1, 0.15) is 0 Å². The first kappa shape index (κ1) is 13.0. The highest BCUT2D eigenvalue weighted by atomic mass is 16.6. The van der Waals surface area contributed by atoms with E-state index in [1.165, 1.54) is 6.07 Å². The molecule has 1 aromatic heterocycles. The van der Waals surface area contributed by atoms with E-state index in [0.29, 0.717) is 24.7 Å². The number of nitrogens with zero attached hydrogens (tertiary/aromatic N) is 3. The average molecular weight is 262 g/mol. The van der Waals surface area contributed by atoms with Crippen molar-refractivity contribution in [1.82, 2.24) is 10.1 Å². The number of hydrogen-bond donors (Lipinski definition) is 1. The zero-order chi connectivity index (χ0) is 13.8. The summed E-state index contributed by atoms with van der Waals surface area (Å²) in [7, 11) is 0. The van der Waals surface area contributed by atoms with Gasteiger partial charge in [-0.3, -0.25) is 10.1 Å². The third-order valence-corrected chi connectivity index (χ3v) is 2.64. The van der Waals surface area contributed by atoms with Gasteiger partial charge in [-0.05, 0) is 25.5 Å². The smallest absolute Gasteiger partial charge is 0.269 e. The van der Waals surface area contributed by atoms with E-state index >= 15 is 0 Å². The van der Waals surface area contributed by atoms with E-state index in [2.05, 4.69) is 15.5 Å². The molecule has 0 saturated heterocycles. The van der Waals surface area contributed by atoms with E-state index in [-0.39, 0.29) is 5.69 Å². The van der Waals surface area contributed by atoms with Gasteiger partial charge in [-0.1, -0.05) is 5.16 Å². The highest BCUT2D eigenvalue weighted by Gasteiger charge is 2.08. The topological polar surface area (TPSA) is 94.1 Å². The van der Waals surface area contributed by atoms with Crippen molar-refractivity contribution in [2.75, 3.05) is 11.9 Å². The van der Waals surface area contributed by atoms with Crippen LogP contribution in [0.3, 0.4) is 0 Å². The summed E-state index contributed by atoms with van der Waals surface area (Å²) in [5.74, 6) is 1.19. The number of nitro benzene ring substituents is 1.